The minimum atomic E-state index is -0.112. The van der Waals surface area contributed by atoms with Crippen LogP contribution in [0.25, 0.3) is 0 Å². The van der Waals surface area contributed by atoms with Crippen LogP contribution in [0.2, 0.25) is 0 Å². The van der Waals surface area contributed by atoms with Crippen molar-refractivity contribution in [2.75, 3.05) is 22.6 Å². The molecule has 3 rings (SSSR count). The minimum Gasteiger partial charge on any atom is -0.394 e. The Morgan fingerprint density at radius 1 is 1.24 bits per heavy atom. The summed E-state index contributed by atoms with van der Waals surface area (Å²) >= 11 is 0. The number of benzene rings is 1. The number of amides is 1. The SMILES string of the molecule is CC(=O)Nc1ccc(Nc2cc(C3CC3)nc(N[C@H](C)CO)n2)cc1. The van der Waals surface area contributed by atoms with E-state index in [1.165, 1.54) is 6.92 Å². The molecule has 1 aliphatic carbocycles. The van der Waals surface area contributed by atoms with Crippen molar-refractivity contribution in [2.24, 2.45) is 0 Å². The van der Waals surface area contributed by atoms with E-state index in [1.807, 2.05) is 37.3 Å². The number of nitrogens with one attached hydrogen (secondary N) is 3. The molecule has 7 nitrogen and oxygen atoms in total. The van der Waals surface area contributed by atoms with E-state index in [0.717, 1.165) is 29.9 Å². The third-order valence-corrected chi connectivity index (χ3v) is 3.87. The van der Waals surface area contributed by atoms with Gasteiger partial charge in [-0.3, -0.25) is 4.79 Å². The fourth-order valence-electron chi connectivity index (χ4n) is 2.44. The first kappa shape index (κ1) is 17.2. The van der Waals surface area contributed by atoms with Crippen LogP contribution in [0.15, 0.2) is 30.3 Å². The van der Waals surface area contributed by atoms with Gasteiger partial charge in [0.15, 0.2) is 0 Å². The second-order valence-electron chi connectivity index (χ2n) is 6.39. The summed E-state index contributed by atoms with van der Waals surface area (Å²) in [5.74, 6) is 1.62. The first-order valence-corrected chi connectivity index (χ1v) is 8.44. The molecule has 0 unspecified atom stereocenters. The van der Waals surface area contributed by atoms with E-state index in [4.69, 9.17) is 0 Å². The summed E-state index contributed by atoms with van der Waals surface area (Å²) in [4.78, 5) is 20.1. The summed E-state index contributed by atoms with van der Waals surface area (Å²) in [6.07, 6.45) is 2.30. The first-order valence-electron chi connectivity index (χ1n) is 8.44. The van der Waals surface area contributed by atoms with Gasteiger partial charge in [-0.2, -0.15) is 4.98 Å². The molecule has 1 atom stereocenters. The van der Waals surface area contributed by atoms with Crippen LogP contribution in [0.1, 0.15) is 38.3 Å². The van der Waals surface area contributed by atoms with Gasteiger partial charge in [0, 0.05) is 36.3 Å². The van der Waals surface area contributed by atoms with Crippen LogP contribution in [0.4, 0.5) is 23.1 Å². The molecule has 1 saturated carbocycles. The number of rotatable bonds is 7. The predicted octanol–water partition coefficient (Wildman–Crippen LogP) is 2.85. The Morgan fingerprint density at radius 3 is 2.52 bits per heavy atom. The highest BCUT2D eigenvalue weighted by atomic mass is 16.3. The number of nitrogens with zero attached hydrogens (tertiary/aromatic N) is 2. The van der Waals surface area contributed by atoms with E-state index in [0.29, 0.717) is 17.7 Å². The van der Waals surface area contributed by atoms with E-state index in [1.54, 1.807) is 0 Å². The van der Waals surface area contributed by atoms with Crippen molar-refractivity contribution in [3.8, 4) is 0 Å². The van der Waals surface area contributed by atoms with Crippen molar-refractivity contribution in [3.63, 3.8) is 0 Å². The highest BCUT2D eigenvalue weighted by Crippen LogP contribution is 2.40. The van der Waals surface area contributed by atoms with Gasteiger partial charge in [-0.1, -0.05) is 0 Å². The Hall–Kier alpha value is -2.67. The lowest BCUT2D eigenvalue weighted by molar-refractivity contribution is -0.114. The summed E-state index contributed by atoms with van der Waals surface area (Å²) in [7, 11) is 0. The van der Waals surface area contributed by atoms with Gasteiger partial charge >= 0.3 is 0 Å². The normalized spacial score (nSPS) is 14.7. The zero-order valence-electron chi connectivity index (χ0n) is 14.4. The van der Waals surface area contributed by atoms with Gasteiger partial charge in [0.1, 0.15) is 5.82 Å². The Balaban J connectivity index is 1.77. The van der Waals surface area contributed by atoms with Crippen molar-refractivity contribution >= 4 is 29.0 Å². The average molecular weight is 341 g/mol. The molecule has 7 heteroatoms. The number of aliphatic hydroxyl groups excluding tert-OH is 1. The highest BCUT2D eigenvalue weighted by Gasteiger charge is 2.26. The van der Waals surface area contributed by atoms with Gasteiger partial charge in [-0.25, -0.2) is 4.98 Å². The minimum absolute atomic E-state index is 0.0182. The van der Waals surface area contributed by atoms with E-state index in [2.05, 4.69) is 25.9 Å². The van der Waals surface area contributed by atoms with Crippen molar-refractivity contribution < 1.29 is 9.90 Å². The lowest BCUT2D eigenvalue weighted by Gasteiger charge is -2.14. The number of carbonyl (C=O) groups excluding carboxylic acids is 1. The largest absolute Gasteiger partial charge is 0.394 e. The molecule has 1 aromatic carbocycles. The molecule has 1 aliphatic rings. The smallest absolute Gasteiger partial charge is 0.225 e. The lowest BCUT2D eigenvalue weighted by Crippen LogP contribution is -2.21. The van der Waals surface area contributed by atoms with Crippen molar-refractivity contribution in [3.05, 3.63) is 36.0 Å². The quantitative estimate of drug-likeness (QED) is 0.618. The van der Waals surface area contributed by atoms with E-state index in [-0.39, 0.29) is 18.6 Å². The molecular formula is C18H23N5O2. The Labute approximate surface area is 146 Å². The van der Waals surface area contributed by atoms with Gasteiger partial charge in [0.05, 0.1) is 12.3 Å². The average Bonchev–Trinajstić information content (AvgIpc) is 3.41. The van der Waals surface area contributed by atoms with E-state index < -0.39 is 0 Å². The van der Waals surface area contributed by atoms with Crippen molar-refractivity contribution in [1.82, 2.24) is 9.97 Å². The molecule has 0 saturated heterocycles. The summed E-state index contributed by atoms with van der Waals surface area (Å²) in [5, 5.41) is 18.3. The number of anilines is 4. The zero-order chi connectivity index (χ0) is 17.8. The summed E-state index contributed by atoms with van der Waals surface area (Å²) in [5.41, 5.74) is 2.63. The van der Waals surface area contributed by atoms with Crippen molar-refractivity contribution in [1.29, 1.82) is 0 Å². The molecule has 2 aromatic rings. The van der Waals surface area contributed by atoms with E-state index >= 15 is 0 Å². The lowest BCUT2D eigenvalue weighted by atomic mass is 10.2. The molecule has 1 fully saturated rings. The molecule has 0 spiro atoms. The summed E-state index contributed by atoms with van der Waals surface area (Å²) in [6, 6.07) is 9.29. The molecule has 25 heavy (non-hydrogen) atoms. The maximum atomic E-state index is 11.1. The van der Waals surface area contributed by atoms with Crippen LogP contribution in [-0.2, 0) is 4.79 Å². The Morgan fingerprint density at radius 2 is 1.92 bits per heavy atom. The fourth-order valence-corrected chi connectivity index (χ4v) is 2.44. The molecule has 132 valence electrons. The molecule has 1 aromatic heterocycles. The van der Waals surface area contributed by atoms with E-state index in [9.17, 15) is 9.90 Å². The van der Waals surface area contributed by atoms with Crippen LogP contribution < -0.4 is 16.0 Å². The third kappa shape index (κ3) is 4.90. The monoisotopic (exact) mass is 341 g/mol. The predicted molar refractivity (Wildman–Crippen MR) is 98.2 cm³/mol. The van der Waals surface area contributed by atoms with Crippen LogP contribution in [0.5, 0.6) is 0 Å². The van der Waals surface area contributed by atoms with Gasteiger partial charge in [-0.05, 0) is 44.0 Å². The molecule has 4 N–H and O–H groups in total. The molecule has 1 heterocycles. The Kier molecular flexibility index (Phi) is 5.14. The van der Waals surface area contributed by atoms with Crippen LogP contribution in [0, 0.1) is 0 Å². The van der Waals surface area contributed by atoms with Gasteiger partial charge in [0.25, 0.3) is 0 Å². The molecule has 1 amide bonds. The molecule has 0 aliphatic heterocycles. The number of aromatic nitrogens is 2. The van der Waals surface area contributed by atoms with Gasteiger partial charge in [-0.15, -0.1) is 0 Å². The number of hydrogen-bond donors (Lipinski definition) is 4. The van der Waals surface area contributed by atoms with Crippen molar-refractivity contribution in [2.45, 2.75) is 38.6 Å². The number of hydrogen-bond acceptors (Lipinski definition) is 6. The van der Waals surface area contributed by atoms with Crippen LogP contribution in [-0.4, -0.2) is 33.6 Å². The number of carbonyl (C=O) groups is 1. The summed E-state index contributed by atoms with van der Waals surface area (Å²) < 4.78 is 0. The second kappa shape index (κ2) is 7.48. The Bertz CT molecular complexity index is 744. The fraction of sp³-hybridized carbons (Fsp3) is 0.389. The third-order valence-electron chi connectivity index (χ3n) is 3.87. The second-order valence-corrected chi connectivity index (χ2v) is 6.39. The zero-order valence-corrected chi connectivity index (χ0v) is 14.4. The standard InChI is InChI=1S/C18H23N5O2/c1-11(10-24)19-18-22-16(13-3-4-13)9-17(23-18)21-15-7-5-14(6-8-15)20-12(2)25/h5-9,11,13,24H,3-4,10H2,1-2H3,(H,20,25)(H2,19,21,22,23)/t11-/m1/s1. The highest BCUT2D eigenvalue weighted by molar-refractivity contribution is 5.88. The van der Waals surface area contributed by atoms with Gasteiger partial charge in [0.2, 0.25) is 11.9 Å². The van der Waals surface area contributed by atoms with Crippen LogP contribution >= 0.6 is 0 Å². The maximum Gasteiger partial charge on any atom is 0.225 e. The summed E-state index contributed by atoms with van der Waals surface area (Å²) in [6.45, 7) is 3.37. The molecule has 0 radical (unpaired) electrons. The van der Waals surface area contributed by atoms with Gasteiger partial charge < -0.3 is 21.1 Å². The topological polar surface area (TPSA) is 99.2 Å². The van der Waals surface area contributed by atoms with Crippen LogP contribution in [0.3, 0.4) is 0 Å². The first-order chi connectivity index (χ1) is 12.0. The molecular weight excluding hydrogens is 318 g/mol. The maximum absolute atomic E-state index is 11.1. The number of aliphatic hydroxyl groups is 1. The molecule has 0 bridgehead atoms.